The van der Waals surface area contributed by atoms with E-state index in [9.17, 15) is 9.59 Å². The van der Waals surface area contributed by atoms with E-state index >= 15 is 0 Å². The fourth-order valence-electron chi connectivity index (χ4n) is 2.98. The molecule has 0 aliphatic rings. The number of nitrogens with zero attached hydrogens (tertiary/aromatic N) is 1. The summed E-state index contributed by atoms with van der Waals surface area (Å²) in [6.45, 7) is 6.03. The number of H-pyrrole nitrogens is 1. The molecule has 2 amide bonds. The van der Waals surface area contributed by atoms with Crippen LogP contribution in [0.5, 0.6) is 0 Å². The Kier molecular flexibility index (Phi) is 7.14. The van der Waals surface area contributed by atoms with Crippen LogP contribution in [0.15, 0.2) is 48.7 Å². The van der Waals surface area contributed by atoms with Crippen LogP contribution in [-0.4, -0.2) is 40.9 Å². The highest BCUT2D eigenvalue weighted by molar-refractivity contribution is 6.30. The molecule has 0 aliphatic heterocycles. The first-order valence-corrected chi connectivity index (χ1v) is 10.3. The van der Waals surface area contributed by atoms with Crippen molar-refractivity contribution in [3.05, 3.63) is 59.2 Å². The van der Waals surface area contributed by atoms with Gasteiger partial charge in [-0.3, -0.25) is 9.89 Å². The minimum atomic E-state index is -0.667. The van der Waals surface area contributed by atoms with Gasteiger partial charge in [0.15, 0.2) is 0 Å². The predicted octanol–water partition coefficient (Wildman–Crippen LogP) is 4.01. The summed E-state index contributed by atoms with van der Waals surface area (Å²) in [6, 6.07) is 11.9. The first-order chi connectivity index (χ1) is 14.7. The van der Waals surface area contributed by atoms with Crippen molar-refractivity contribution in [3.63, 3.8) is 0 Å². The van der Waals surface area contributed by atoms with Gasteiger partial charge in [-0.05, 0) is 56.7 Å². The average molecular weight is 444 g/mol. The average Bonchev–Trinajstić information content (AvgIpc) is 3.14. The number of aromatic amines is 1. The highest BCUT2D eigenvalue weighted by Gasteiger charge is 2.21. The first-order valence-electron chi connectivity index (χ1n) is 9.91. The lowest BCUT2D eigenvalue weighted by molar-refractivity contribution is -0.118. The van der Waals surface area contributed by atoms with Gasteiger partial charge in [0.1, 0.15) is 11.6 Å². The number of nitrogens with one attached hydrogen (secondary N) is 4. The Morgan fingerprint density at radius 3 is 2.71 bits per heavy atom. The molecule has 9 heteroatoms. The summed E-state index contributed by atoms with van der Waals surface area (Å²) < 4.78 is 5.22. The van der Waals surface area contributed by atoms with Gasteiger partial charge in [0.05, 0.1) is 11.7 Å². The molecule has 0 bridgehead atoms. The number of benzene rings is 2. The SMILES string of the molecule is CC(C)(C)OC(=O)NCCNC(C(=O)Nc1ccc2[nH]ncc2c1)c1cccc(Cl)c1. The Hall–Kier alpha value is -3.10. The zero-order valence-corrected chi connectivity index (χ0v) is 18.4. The summed E-state index contributed by atoms with van der Waals surface area (Å²) in [5.74, 6) is -0.248. The highest BCUT2D eigenvalue weighted by atomic mass is 35.5. The number of alkyl carbamates (subject to hydrolysis) is 1. The van der Waals surface area contributed by atoms with Crippen LogP contribution in [0.3, 0.4) is 0 Å². The maximum absolute atomic E-state index is 13.1. The molecule has 31 heavy (non-hydrogen) atoms. The lowest BCUT2D eigenvalue weighted by Gasteiger charge is -2.21. The molecule has 0 saturated heterocycles. The normalized spacial score (nSPS) is 12.4. The van der Waals surface area contributed by atoms with E-state index in [1.165, 1.54) is 0 Å². The molecule has 1 heterocycles. The van der Waals surface area contributed by atoms with Crippen molar-refractivity contribution >= 4 is 40.2 Å². The minimum Gasteiger partial charge on any atom is -0.444 e. The van der Waals surface area contributed by atoms with Gasteiger partial charge in [-0.15, -0.1) is 0 Å². The molecule has 1 aromatic heterocycles. The number of aromatic nitrogens is 2. The van der Waals surface area contributed by atoms with Crippen LogP contribution < -0.4 is 16.0 Å². The van der Waals surface area contributed by atoms with E-state index in [1.807, 2.05) is 18.2 Å². The van der Waals surface area contributed by atoms with Crippen molar-refractivity contribution in [1.29, 1.82) is 0 Å². The lowest BCUT2D eigenvalue weighted by Crippen LogP contribution is -2.40. The molecule has 0 saturated carbocycles. The van der Waals surface area contributed by atoms with Crippen molar-refractivity contribution < 1.29 is 14.3 Å². The number of carbonyl (C=O) groups is 2. The molecule has 3 aromatic rings. The Balaban J connectivity index is 1.66. The quantitative estimate of drug-likeness (QED) is 0.412. The molecule has 2 aromatic carbocycles. The Morgan fingerprint density at radius 2 is 1.97 bits per heavy atom. The standard InChI is InChI=1S/C22H26ClN5O3/c1-22(2,3)31-21(30)25-10-9-24-19(14-5-4-6-16(23)11-14)20(29)27-17-7-8-18-15(12-17)13-26-28-18/h4-8,11-13,19,24H,9-10H2,1-3H3,(H,25,30)(H,26,28)(H,27,29). The van der Waals surface area contributed by atoms with E-state index in [1.54, 1.807) is 51.2 Å². The second-order valence-corrected chi connectivity index (χ2v) is 8.47. The molecule has 1 unspecified atom stereocenters. The number of amides is 2. The first kappa shape index (κ1) is 22.6. The Labute approximate surface area is 185 Å². The molecule has 4 N–H and O–H groups in total. The number of hydrogen-bond acceptors (Lipinski definition) is 5. The summed E-state index contributed by atoms with van der Waals surface area (Å²) in [5, 5.41) is 17.1. The summed E-state index contributed by atoms with van der Waals surface area (Å²) in [4.78, 5) is 24.9. The van der Waals surface area contributed by atoms with Gasteiger partial charge in [-0.1, -0.05) is 23.7 Å². The maximum atomic E-state index is 13.1. The van der Waals surface area contributed by atoms with Crippen LogP contribution in [0.2, 0.25) is 5.02 Å². The van der Waals surface area contributed by atoms with E-state index in [0.717, 1.165) is 10.9 Å². The predicted molar refractivity (Wildman–Crippen MR) is 121 cm³/mol. The summed E-state index contributed by atoms with van der Waals surface area (Å²) in [7, 11) is 0. The molecular weight excluding hydrogens is 418 g/mol. The molecule has 0 fully saturated rings. The number of hydrogen-bond donors (Lipinski definition) is 4. The molecular formula is C22H26ClN5O3. The zero-order valence-electron chi connectivity index (χ0n) is 17.7. The van der Waals surface area contributed by atoms with E-state index < -0.39 is 17.7 Å². The van der Waals surface area contributed by atoms with Crippen LogP contribution in [0.25, 0.3) is 10.9 Å². The van der Waals surface area contributed by atoms with Crippen LogP contribution in [0, 0.1) is 0 Å². The second-order valence-electron chi connectivity index (χ2n) is 8.03. The van der Waals surface area contributed by atoms with Crippen LogP contribution in [0.4, 0.5) is 10.5 Å². The number of anilines is 1. The summed E-state index contributed by atoms with van der Waals surface area (Å²) in [6.07, 6.45) is 1.19. The molecule has 3 rings (SSSR count). The fourth-order valence-corrected chi connectivity index (χ4v) is 3.18. The second kappa shape index (κ2) is 9.80. The van der Waals surface area contributed by atoms with Crippen LogP contribution in [0.1, 0.15) is 32.4 Å². The maximum Gasteiger partial charge on any atom is 0.407 e. The van der Waals surface area contributed by atoms with Crippen molar-refractivity contribution in [2.24, 2.45) is 0 Å². The van der Waals surface area contributed by atoms with E-state index in [4.69, 9.17) is 16.3 Å². The van der Waals surface area contributed by atoms with E-state index in [2.05, 4.69) is 26.1 Å². The number of halogens is 1. The zero-order chi connectivity index (χ0) is 22.4. The number of fused-ring (bicyclic) bond motifs is 1. The number of rotatable bonds is 7. The monoisotopic (exact) mass is 443 g/mol. The van der Waals surface area contributed by atoms with Gasteiger partial charge in [0.2, 0.25) is 5.91 Å². The third kappa shape index (κ3) is 6.70. The molecule has 0 radical (unpaired) electrons. The van der Waals surface area contributed by atoms with Gasteiger partial charge in [0.25, 0.3) is 0 Å². The molecule has 0 spiro atoms. The largest absolute Gasteiger partial charge is 0.444 e. The molecule has 8 nitrogen and oxygen atoms in total. The number of ether oxygens (including phenoxy) is 1. The van der Waals surface area contributed by atoms with Gasteiger partial charge in [-0.25, -0.2) is 4.79 Å². The van der Waals surface area contributed by atoms with Gasteiger partial charge < -0.3 is 20.7 Å². The summed E-state index contributed by atoms with van der Waals surface area (Å²) >= 11 is 6.13. The highest BCUT2D eigenvalue weighted by Crippen LogP contribution is 2.21. The van der Waals surface area contributed by atoms with Crippen LogP contribution in [-0.2, 0) is 9.53 Å². The van der Waals surface area contributed by atoms with E-state index in [-0.39, 0.29) is 5.91 Å². The Bertz CT molecular complexity index is 1060. The molecule has 164 valence electrons. The van der Waals surface area contributed by atoms with E-state index in [0.29, 0.717) is 29.4 Å². The van der Waals surface area contributed by atoms with Gasteiger partial charge >= 0.3 is 6.09 Å². The molecule has 0 aliphatic carbocycles. The van der Waals surface area contributed by atoms with Crippen molar-refractivity contribution in [2.75, 3.05) is 18.4 Å². The van der Waals surface area contributed by atoms with Gasteiger partial charge in [0, 0.05) is 29.2 Å². The smallest absolute Gasteiger partial charge is 0.407 e. The van der Waals surface area contributed by atoms with Crippen molar-refractivity contribution in [3.8, 4) is 0 Å². The minimum absolute atomic E-state index is 0.248. The third-order valence-electron chi connectivity index (χ3n) is 4.29. The van der Waals surface area contributed by atoms with Crippen molar-refractivity contribution in [1.82, 2.24) is 20.8 Å². The van der Waals surface area contributed by atoms with Crippen molar-refractivity contribution in [2.45, 2.75) is 32.4 Å². The fraction of sp³-hybridized carbons (Fsp3) is 0.318. The Morgan fingerprint density at radius 1 is 1.16 bits per heavy atom. The summed E-state index contributed by atoms with van der Waals surface area (Å²) in [5.41, 5.74) is 1.68. The van der Waals surface area contributed by atoms with Gasteiger partial charge in [-0.2, -0.15) is 5.10 Å². The topological polar surface area (TPSA) is 108 Å². The lowest BCUT2D eigenvalue weighted by atomic mass is 10.1. The van der Waals surface area contributed by atoms with Crippen LogP contribution >= 0.6 is 11.6 Å². The molecule has 1 atom stereocenters. The number of carbonyl (C=O) groups excluding carboxylic acids is 2. The third-order valence-corrected chi connectivity index (χ3v) is 4.53.